The van der Waals surface area contributed by atoms with E-state index in [-0.39, 0.29) is 11.4 Å². The van der Waals surface area contributed by atoms with Crippen LogP contribution in [0.25, 0.3) is 20.4 Å². The van der Waals surface area contributed by atoms with Crippen molar-refractivity contribution in [2.45, 2.75) is 6.42 Å². The highest BCUT2D eigenvalue weighted by molar-refractivity contribution is 7.22. The molecule has 12 heteroatoms. The van der Waals surface area contributed by atoms with Gasteiger partial charge in [0.1, 0.15) is 0 Å². The van der Waals surface area contributed by atoms with Crippen LogP contribution in [0, 0.1) is 20.2 Å². The number of nitrogens with zero attached hydrogens (tertiary/aromatic N) is 4. The molecule has 4 aromatic rings. The van der Waals surface area contributed by atoms with E-state index in [1.807, 2.05) is 0 Å². The molecule has 0 amide bonds. The Balaban J connectivity index is 1.29. The van der Waals surface area contributed by atoms with Gasteiger partial charge >= 0.3 is 0 Å². The third-order valence-corrected chi connectivity index (χ3v) is 6.02. The highest BCUT2D eigenvalue weighted by Gasteiger charge is 2.11. The van der Waals surface area contributed by atoms with Gasteiger partial charge in [-0.15, -0.1) is 0 Å². The van der Waals surface area contributed by atoms with E-state index in [1.165, 1.54) is 46.9 Å². The number of non-ortho nitro benzene ring substituents is 2. The minimum absolute atomic E-state index is 0.0538. The van der Waals surface area contributed by atoms with E-state index in [9.17, 15) is 20.2 Å². The first-order chi connectivity index (χ1) is 14.0. The fourth-order valence-corrected chi connectivity index (χ4v) is 4.53. The van der Waals surface area contributed by atoms with Crippen molar-refractivity contribution in [3.8, 4) is 0 Å². The Kier molecular flexibility index (Phi) is 5.18. The predicted molar refractivity (Wildman–Crippen MR) is 114 cm³/mol. The van der Waals surface area contributed by atoms with Crippen LogP contribution in [-0.2, 0) is 0 Å². The van der Waals surface area contributed by atoms with Crippen LogP contribution in [0.2, 0.25) is 0 Å². The molecule has 0 saturated heterocycles. The fourth-order valence-electron chi connectivity index (χ4n) is 2.68. The van der Waals surface area contributed by atoms with Gasteiger partial charge in [-0.3, -0.25) is 20.2 Å². The first-order valence-corrected chi connectivity index (χ1v) is 10.2. The number of hydrogen-bond acceptors (Lipinski definition) is 10. The molecule has 2 aromatic carbocycles. The lowest BCUT2D eigenvalue weighted by Gasteiger charge is -2.03. The number of hydrogen-bond donors (Lipinski definition) is 2. The fraction of sp³-hybridized carbons (Fsp3) is 0.176. The van der Waals surface area contributed by atoms with Crippen molar-refractivity contribution in [3.05, 3.63) is 56.6 Å². The Hall–Kier alpha value is -3.38. The summed E-state index contributed by atoms with van der Waals surface area (Å²) in [4.78, 5) is 29.7. The first kappa shape index (κ1) is 19.0. The first-order valence-electron chi connectivity index (χ1n) is 8.57. The summed E-state index contributed by atoms with van der Waals surface area (Å²) >= 11 is 2.75. The monoisotopic (exact) mass is 430 g/mol. The maximum absolute atomic E-state index is 10.8. The number of anilines is 2. The van der Waals surface area contributed by atoms with E-state index in [0.717, 1.165) is 26.9 Å². The van der Waals surface area contributed by atoms with Crippen molar-refractivity contribution in [2.75, 3.05) is 23.7 Å². The predicted octanol–water partition coefficient (Wildman–Crippen LogP) is 4.64. The number of fused-ring (bicyclic) bond motifs is 2. The Morgan fingerprint density at radius 2 is 1.24 bits per heavy atom. The van der Waals surface area contributed by atoms with Crippen molar-refractivity contribution in [1.82, 2.24) is 9.97 Å². The Morgan fingerprint density at radius 3 is 1.66 bits per heavy atom. The van der Waals surface area contributed by atoms with Gasteiger partial charge in [0, 0.05) is 37.4 Å². The van der Waals surface area contributed by atoms with E-state index < -0.39 is 9.85 Å². The molecule has 0 bridgehead atoms. The maximum Gasteiger partial charge on any atom is 0.270 e. The van der Waals surface area contributed by atoms with Gasteiger partial charge in [0.25, 0.3) is 11.4 Å². The minimum atomic E-state index is -0.418. The average Bonchev–Trinajstić information content (AvgIpc) is 3.29. The van der Waals surface area contributed by atoms with Gasteiger partial charge in [0.15, 0.2) is 10.3 Å². The summed E-state index contributed by atoms with van der Waals surface area (Å²) in [5, 5.41) is 29.6. The minimum Gasteiger partial charge on any atom is -0.361 e. The van der Waals surface area contributed by atoms with E-state index in [4.69, 9.17) is 0 Å². The number of thiazole rings is 2. The van der Waals surface area contributed by atoms with Crippen molar-refractivity contribution in [3.63, 3.8) is 0 Å². The van der Waals surface area contributed by atoms with E-state index >= 15 is 0 Å². The van der Waals surface area contributed by atoms with Gasteiger partial charge in [-0.1, -0.05) is 22.7 Å². The summed E-state index contributed by atoms with van der Waals surface area (Å²) in [6.45, 7) is 1.34. The van der Waals surface area contributed by atoms with Gasteiger partial charge in [0.05, 0.1) is 30.3 Å². The quantitative estimate of drug-likeness (QED) is 0.234. The lowest BCUT2D eigenvalue weighted by molar-refractivity contribution is -0.384. The van der Waals surface area contributed by atoms with Crippen molar-refractivity contribution in [2.24, 2.45) is 0 Å². The van der Waals surface area contributed by atoms with Crippen molar-refractivity contribution >= 4 is 64.7 Å². The van der Waals surface area contributed by atoms with Gasteiger partial charge in [-0.05, 0) is 18.6 Å². The Labute approximate surface area is 171 Å². The number of nitro benzene ring substituents is 2. The number of rotatable bonds is 8. The number of aromatic nitrogens is 2. The normalized spacial score (nSPS) is 11.0. The topological polar surface area (TPSA) is 136 Å². The van der Waals surface area contributed by atoms with Crippen LogP contribution < -0.4 is 10.6 Å². The molecule has 29 heavy (non-hydrogen) atoms. The molecule has 0 spiro atoms. The third-order valence-electron chi connectivity index (χ3n) is 4.07. The van der Waals surface area contributed by atoms with Crippen LogP contribution in [0.5, 0.6) is 0 Å². The highest BCUT2D eigenvalue weighted by Crippen LogP contribution is 2.30. The molecule has 2 heterocycles. The smallest absolute Gasteiger partial charge is 0.270 e. The molecule has 0 fully saturated rings. The standard InChI is InChI=1S/C17H14N6O4S2/c24-22(25)10-2-4-12-14(8-10)28-16(20-12)18-6-1-7-19-17-21-13-5-3-11(23(26)27)9-15(13)29-17/h2-5,8-9H,1,6-7H2,(H,18,20)(H,19,21). The molecule has 0 radical (unpaired) electrons. The lowest BCUT2D eigenvalue weighted by atomic mass is 10.3. The number of nitrogens with one attached hydrogen (secondary N) is 2. The van der Waals surface area contributed by atoms with Gasteiger partial charge < -0.3 is 10.6 Å². The van der Waals surface area contributed by atoms with Gasteiger partial charge in [0.2, 0.25) is 0 Å². The molecular formula is C17H14N6O4S2. The molecule has 4 rings (SSSR count). The number of nitro groups is 2. The zero-order valence-electron chi connectivity index (χ0n) is 14.8. The number of benzene rings is 2. The van der Waals surface area contributed by atoms with Crippen LogP contribution in [0.3, 0.4) is 0 Å². The maximum atomic E-state index is 10.8. The van der Waals surface area contributed by atoms with Gasteiger partial charge in [-0.25, -0.2) is 9.97 Å². The van der Waals surface area contributed by atoms with E-state index in [1.54, 1.807) is 12.1 Å². The Bertz CT molecular complexity index is 1130. The van der Waals surface area contributed by atoms with Crippen molar-refractivity contribution < 1.29 is 9.85 Å². The molecule has 2 aromatic heterocycles. The largest absolute Gasteiger partial charge is 0.361 e. The zero-order valence-corrected chi connectivity index (χ0v) is 16.5. The summed E-state index contributed by atoms with van der Waals surface area (Å²) in [6, 6.07) is 9.24. The molecule has 10 nitrogen and oxygen atoms in total. The molecular weight excluding hydrogens is 416 g/mol. The zero-order chi connectivity index (χ0) is 20.4. The van der Waals surface area contributed by atoms with Crippen LogP contribution in [0.4, 0.5) is 21.6 Å². The van der Waals surface area contributed by atoms with E-state index in [0.29, 0.717) is 23.4 Å². The molecule has 0 atom stereocenters. The van der Waals surface area contributed by atoms with Crippen LogP contribution in [-0.4, -0.2) is 32.9 Å². The molecule has 0 unspecified atom stereocenters. The lowest BCUT2D eigenvalue weighted by Crippen LogP contribution is -2.08. The molecule has 0 aliphatic carbocycles. The molecule has 0 aliphatic heterocycles. The average molecular weight is 430 g/mol. The summed E-state index contributed by atoms with van der Waals surface area (Å²) < 4.78 is 1.53. The molecule has 0 aliphatic rings. The second-order valence-corrected chi connectivity index (χ2v) is 8.12. The van der Waals surface area contributed by atoms with E-state index in [2.05, 4.69) is 20.6 Å². The summed E-state index contributed by atoms with van der Waals surface area (Å²) in [6.07, 6.45) is 0.798. The Morgan fingerprint density at radius 1 is 0.793 bits per heavy atom. The summed E-state index contributed by atoms with van der Waals surface area (Å²) in [5.74, 6) is 0. The molecule has 2 N–H and O–H groups in total. The summed E-state index contributed by atoms with van der Waals surface area (Å²) in [7, 11) is 0. The van der Waals surface area contributed by atoms with Crippen LogP contribution in [0.1, 0.15) is 6.42 Å². The summed E-state index contributed by atoms with van der Waals surface area (Å²) in [5.41, 5.74) is 1.56. The van der Waals surface area contributed by atoms with Crippen molar-refractivity contribution in [1.29, 1.82) is 0 Å². The van der Waals surface area contributed by atoms with Gasteiger partial charge in [-0.2, -0.15) is 0 Å². The highest BCUT2D eigenvalue weighted by atomic mass is 32.1. The van der Waals surface area contributed by atoms with Crippen LogP contribution >= 0.6 is 22.7 Å². The van der Waals surface area contributed by atoms with Crippen LogP contribution in [0.15, 0.2) is 36.4 Å². The molecule has 0 saturated carbocycles. The third kappa shape index (κ3) is 4.22. The second-order valence-electron chi connectivity index (χ2n) is 6.06. The molecule has 148 valence electrons. The SMILES string of the molecule is O=[N+]([O-])c1ccc2nc(NCCCNc3nc4ccc([N+](=O)[O-])cc4s3)sc2c1. The second kappa shape index (κ2) is 7.93.